The molecular weight excluding hydrogens is 343 g/mol. The minimum atomic E-state index is -0.927. The summed E-state index contributed by atoms with van der Waals surface area (Å²) in [6, 6.07) is 8.44. The molecule has 0 bridgehead atoms. The molecule has 1 atom stereocenters. The van der Waals surface area contributed by atoms with E-state index in [0.717, 1.165) is 0 Å². The summed E-state index contributed by atoms with van der Waals surface area (Å²) in [5.41, 5.74) is 0.780. The lowest BCUT2D eigenvalue weighted by Crippen LogP contribution is -2.02. The van der Waals surface area contributed by atoms with E-state index in [2.05, 4.69) is 4.99 Å². The molecule has 6 nitrogen and oxygen atoms in total. The minimum Gasteiger partial charge on any atom is -0.506 e. The standard InChI is InChI=1S/C15H12Cl2N2O4/c16-11-5-10(15(21)13(17)6-11)7-18-8-14(20)9-1-3-12(4-2-9)19(22)23/h1-7,14,20-21H,8H2/t14-/m0/s1. The Hall–Kier alpha value is -2.15. The molecule has 0 aliphatic rings. The van der Waals surface area contributed by atoms with Gasteiger partial charge >= 0.3 is 0 Å². The Bertz CT molecular complexity index is 748. The van der Waals surface area contributed by atoms with Crippen molar-refractivity contribution in [1.29, 1.82) is 0 Å². The number of hydrogen-bond donors (Lipinski definition) is 2. The summed E-state index contributed by atoms with van der Waals surface area (Å²) in [6.45, 7) is 0.0153. The molecule has 0 radical (unpaired) electrons. The van der Waals surface area contributed by atoms with Gasteiger partial charge < -0.3 is 10.2 Å². The van der Waals surface area contributed by atoms with Crippen LogP contribution in [0.15, 0.2) is 41.4 Å². The van der Waals surface area contributed by atoms with E-state index in [1.54, 1.807) is 0 Å². The Kier molecular flexibility index (Phi) is 5.54. The Morgan fingerprint density at radius 2 is 1.91 bits per heavy atom. The van der Waals surface area contributed by atoms with E-state index in [4.69, 9.17) is 23.2 Å². The maximum Gasteiger partial charge on any atom is 0.269 e. The van der Waals surface area contributed by atoms with Gasteiger partial charge in [-0.15, -0.1) is 0 Å². The third kappa shape index (κ3) is 4.41. The van der Waals surface area contributed by atoms with Crippen LogP contribution in [-0.2, 0) is 0 Å². The lowest BCUT2D eigenvalue weighted by Gasteiger charge is -2.08. The molecule has 0 saturated heterocycles. The van der Waals surface area contributed by atoms with Crippen LogP contribution in [0.25, 0.3) is 0 Å². The van der Waals surface area contributed by atoms with E-state index in [1.807, 2.05) is 0 Å². The van der Waals surface area contributed by atoms with Gasteiger partial charge in [-0.1, -0.05) is 23.2 Å². The van der Waals surface area contributed by atoms with Crippen molar-refractivity contribution in [2.24, 2.45) is 4.99 Å². The first-order chi connectivity index (χ1) is 10.9. The summed E-state index contributed by atoms with van der Waals surface area (Å²) < 4.78 is 0. The lowest BCUT2D eigenvalue weighted by atomic mass is 10.1. The van der Waals surface area contributed by atoms with E-state index < -0.39 is 11.0 Å². The Balaban J connectivity index is 2.06. The normalized spacial score (nSPS) is 12.5. The Morgan fingerprint density at radius 1 is 1.26 bits per heavy atom. The lowest BCUT2D eigenvalue weighted by molar-refractivity contribution is -0.384. The van der Waals surface area contributed by atoms with Crippen LogP contribution in [0, 0.1) is 10.1 Å². The second-order valence-corrected chi connectivity index (χ2v) is 5.53. The molecule has 8 heteroatoms. The van der Waals surface area contributed by atoms with Crippen molar-refractivity contribution < 1.29 is 15.1 Å². The average Bonchev–Trinajstić information content (AvgIpc) is 2.51. The summed E-state index contributed by atoms with van der Waals surface area (Å²) in [7, 11) is 0. The molecular formula is C15H12Cl2N2O4. The molecule has 0 spiro atoms. The van der Waals surface area contributed by atoms with E-state index in [-0.39, 0.29) is 23.0 Å². The molecule has 0 aliphatic carbocycles. The molecule has 0 saturated carbocycles. The molecule has 2 aromatic rings. The van der Waals surface area contributed by atoms with E-state index >= 15 is 0 Å². The summed E-state index contributed by atoms with van der Waals surface area (Å²) >= 11 is 11.6. The number of aliphatic hydroxyl groups excluding tert-OH is 1. The number of hydrogen-bond acceptors (Lipinski definition) is 5. The highest BCUT2D eigenvalue weighted by molar-refractivity contribution is 6.36. The SMILES string of the molecule is O=[N+]([O-])c1ccc([C@@H](O)CN=Cc2cc(Cl)cc(Cl)c2O)cc1. The molecule has 23 heavy (non-hydrogen) atoms. The number of nitro benzene ring substituents is 1. The van der Waals surface area contributed by atoms with Crippen LogP contribution in [0.2, 0.25) is 10.0 Å². The van der Waals surface area contributed by atoms with Crippen molar-refractivity contribution >= 4 is 35.1 Å². The zero-order valence-corrected chi connectivity index (χ0v) is 13.2. The van der Waals surface area contributed by atoms with Gasteiger partial charge in [0.05, 0.1) is 22.6 Å². The highest BCUT2D eigenvalue weighted by Gasteiger charge is 2.10. The van der Waals surface area contributed by atoms with E-state index in [0.29, 0.717) is 16.1 Å². The predicted molar refractivity (Wildman–Crippen MR) is 88.6 cm³/mol. The third-order valence-corrected chi connectivity index (χ3v) is 3.56. The number of non-ortho nitro benzene ring substituents is 1. The fraction of sp³-hybridized carbons (Fsp3) is 0.133. The summed E-state index contributed by atoms with van der Waals surface area (Å²) in [5.74, 6) is -0.148. The molecule has 120 valence electrons. The molecule has 2 aromatic carbocycles. The van der Waals surface area contributed by atoms with Gasteiger partial charge in [-0.25, -0.2) is 0 Å². The second kappa shape index (κ2) is 7.41. The van der Waals surface area contributed by atoms with Gasteiger partial charge in [-0.3, -0.25) is 15.1 Å². The molecule has 2 N–H and O–H groups in total. The smallest absolute Gasteiger partial charge is 0.269 e. The molecule has 0 fully saturated rings. The van der Waals surface area contributed by atoms with Crippen LogP contribution in [-0.4, -0.2) is 27.9 Å². The maximum absolute atomic E-state index is 10.6. The predicted octanol–water partition coefficient (Wildman–Crippen LogP) is 3.76. The number of nitrogens with zero attached hydrogens (tertiary/aromatic N) is 2. The highest BCUT2D eigenvalue weighted by atomic mass is 35.5. The van der Waals surface area contributed by atoms with Gasteiger partial charge in [0.15, 0.2) is 0 Å². The first kappa shape index (κ1) is 17.2. The highest BCUT2D eigenvalue weighted by Crippen LogP contribution is 2.30. The van der Waals surface area contributed by atoms with Crippen molar-refractivity contribution in [3.63, 3.8) is 0 Å². The van der Waals surface area contributed by atoms with E-state index in [9.17, 15) is 20.3 Å². The van der Waals surface area contributed by atoms with Crippen molar-refractivity contribution in [3.8, 4) is 5.75 Å². The van der Waals surface area contributed by atoms with Gasteiger partial charge in [0.2, 0.25) is 0 Å². The number of phenolic OH excluding ortho intramolecular Hbond substituents is 1. The minimum absolute atomic E-state index is 0.0153. The number of benzene rings is 2. The first-order valence-electron chi connectivity index (χ1n) is 6.48. The van der Waals surface area contributed by atoms with Crippen molar-refractivity contribution in [2.45, 2.75) is 6.10 Å². The number of aliphatic imine (C=N–C) groups is 1. The number of aromatic hydroxyl groups is 1. The molecule has 0 heterocycles. The van der Waals surface area contributed by atoms with Gasteiger partial charge in [-0.05, 0) is 29.8 Å². The monoisotopic (exact) mass is 354 g/mol. The van der Waals surface area contributed by atoms with Crippen LogP contribution in [0.5, 0.6) is 5.75 Å². The number of rotatable bonds is 5. The largest absolute Gasteiger partial charge is 0.506 e. The molecule has 0 amide bonds. The van der Waals surface area contributed by atoms with Crippen molar-refractivity contribution in [2.75, 3.05) is 6.54 Å². The van der Waals surface area contributed by atoms with Crippen LogP contribution in [0.3, 0.4) is 0 Å². The Morgan fingerprint density at radius 3 is 2.52 bits per heavy atom. The zero-order chi connectivity index (χ0) is 17.0. The van der Waals surface area contributed by atoms with Crippen LogP contribution < -0.4 is 0 Å². The fourth-order valence-electron chi connectivity index (χ4n) is 1.86. The Labute approximate surface area is 141 Å². The fourth-order valence-corrected chi connectivity index (χ4v) is 2.37. The molecule has 0 aromatic heterocycles. The van der Waals surface area contributed by atoms with Gasteiger partial charge in [0.25, 0.3) is 5.69 Å². The molecule has 0 unspecified atom stereocenters. The average molecular weight is 355 g/mol. The van der Waals surface area contributed by atoms with Gasteiger partial charge in [0, 0.05) is 28.9 Å². The van der Waals surface area contributed by atoms with Gasteiger partial charge in [0.1, 0.15) is 5.75 Å². The number of aliphatic hydroxyl groups is 1. The van der Waals surface area contributed by atoms with Crippen LogP contribution in [0.1, 0.15) is 17.2 Å². The zero-order valence-electron chi connectivity index (χ0n) is 11.7. The third-order valence-electron chi connectivity index (χ3n) is 3.06. The van der Waals surface area contributed by atoms with Crippen molar-refractivity contribution in [3.05, 3.63) is 67.7 Å². The second-order valence-electron chi connectivity index (χ2n) is 4.68. The summed E-state index contributed by atoms with van der Waals surface area (Å²) in [5, 5.41) is 30.8. The maximum atomic E-state index is 10.6. The topological polar surface area (TPSA) is 96.0 Å². The number of nitro groups is 1. The molecule has 0 aliphatic heterocycles. The van der Waals surface area contributed by atoms with Crippen LogP contribution >= 0.6 is 23.2 Å². The van der Waals surface area contributed by atoms with Gasteiger partial charge in [-0.2, -0.15) is 0 Å². The summed E-state index contributed by atoms with van der Waals surface area (Å²) in [6.07, 6.45) is 0.422. The first-order valence-corrected chi connectivity index (χ1v) is 7.24. The molecule has 2 rings (SSSR count). The van der Waals surface area contributed by atoms with Crippen LogP contribution in [0.4, 0.5) is 5.69 Å². The number of phenols is 1. The van der Waals surface area contributed by atoms with Crippen molar-refractivity contribution in [1.82, 2.24) is 0 Å². The number of halogens is 2. The summed E-state index contributed by atoms with van der Waals surface area (Å²) in [4.78, 5) is 14.1. The quantitative estimate of drug-likeness (QED) is 0.485. The van der Waals surface area contributed by atoms with E-state index in [1.165, 1.54) is 42.6 Å².